The molecule has 0 bridgehead atoms. The Morgan fingerprint density at radius 3 is 2.88 bits per heavy atom. The molecule has 1 heterocycles. The van der Waals surface area contributed by atoms with Crippen molar-refractivity contribution in [3.63, 3.8) is 0 Å². The van der Waals surface area contributed by atoms with E-state index in [4.69, 9.17) is 4.74 Å². The summed E-state index contributed by atoms with van der Waals surface area (Å²) in [7, 11) is 1.45. The lowest BCUT2D eigenvalue weighted by molar-refractivity contribution is -0.145. The summed E-state index contributed by atoms with van der Waals surface area (Å²) >= 11 is 0. The smallest absolute Gasteiger partial charge is 0.310 e. The minimum atomic E-state index is -0.121. The van der Waals surface area contributed by atoms with Gasteiger partial charge in [0.15, 0.2) is 0 Å². The minimum Gasteiger partial charge on any atom is -0.469 e. The molecule has 0 aliphatic carbocycles. The lowest BCUT2D eigenvalue weighted by Crippen LogP contribution is -2.23. The number of carbonyl (C=O) groups excluding carboxylic acids is 1. The number of ether oxygens (including phenoxy) is 1. The Morgan fingerprint density at radius 2 is 2.17 bits per heavy atom. The first-order valence-corrected chi connectivity index (χ1v) is 8.51. The zero-order valence-electron chi connectivity index (χ0n) is 14.6. The normalized spacial score (nSPS) is 22.2. The lowest BCUT2D eigenvalue weighted by atomic mass is 9.95. The predicted molar refractivity (Wildman–Crippen MR) is 99.7 cm³/mol. The van der Waals surface area contributed by atoms with E-state index in [-0.39, 0.29) is 17.8 Å². The van der Waals surface area contributed by atoms with Crippen molar-refractivity contribution in [2.75, 3.05) is 20.2 Å². The van der Waals surface area contributed by atoms with E-state index in [1.165, 1.54) is 17.9 Å². The number of nitrogens with one attached hydrogen (secondary N) is 1. The molecule has 1 fully saturated rings. The van der Waals surface area contributed by atoms with E-state index in [9.17, 15) is 4.79 Å². The van der Waals surface area contributed by atoms with Gasteiger partial charge in [0.1, 0.15) is 0 Å². The maximum Gasteiger partial charge on any atom is 0.310 e. The number of methoxy groups -OCH3 is 1. The van der Waals surface area contributed by atoms with E-state index in [0.29, 0.717) is 6.54 Å². The molecule has 0 unspecified atom stereocenters. The molecule has 1 aromatic carbocycles. The van der Waals surface area contributed by atoms with Gasteiger partial charge in [0.05, 0.1) is 13.0 Å². The van der Waals surface area contributed by atoms with Crippen LogP contribution in [0.4, 0.5) is 0 Å². The molecule has 0 saturated carbocycles. The average molecular weight is 325 g/mol. The molecular formula is C21H27NO2. The highest BCUT2D eigenvalue weighted by Crippen LogP contribution is 2.20. The molecule has 24 heavy (non-hydrogen) atoms. The number of allylic oxidation sites excluding steroid dienone is 3. The Kier molecular flexibility index (Phi) is 7.01. The molecule has 1 aromatic rings. The van der Waals surface area contributed by atoms with Gasteiger partial charge in [-0.2, -0.15) is 0 Å². The third kappa shape index (κ3) is 4.93. The fraction of sp³-hybridized carbons (Fsp3) is 0.381. The first-order valence-electron chi connectivity index (χ1n) is 8.51. The number of hydrogen-bond acceptors (Lipinski definition) is 3. The largest absolute Gasteiger partial charge is 0.469 e. The number of esters is 1. The van der Waals surface area contributed by atoms with Gasteiger partial charge in [-0.1, -0.05) is 60.7 Å². The Labute approximate surface area is 144 Å². The van der Waals surface area contributed by atoms with Crippen LogP contribution in [0.1, 0.15) is 19.8 Å². The van der Waals surface area contributed by atoms with Gasteiger partial charge in [-0.15, -0.1) is 0 Å². The van der Waals surface area contributed by atoms with Gasteiger partial charge >= 0.3 is 5.97 Å². The molecule has 0 radical (unpaired) electrons. The van der Waals surface area contributed by atoms with Crippen molar-refractivity contribution < 1.29 is 9.53 Å². The van der Waals surface area contributed by atoms with E-state index in [0.717, 1.165) is 24.6 Å². The van der Waals surface area contributed by atoms with Gasteiger partial charge in [-0.3, -0.25) is 4.79 Å². The average Bonchev–Trinajstić information content (AvgIpc) is 3.07. The van der Waals surface area contributed by atoms with Crippen molar-refractivity contribution in [3.05, 3.63) is 58.5 Å². The van der Waals surface area contributed by atoms with Gasteiger partial charge in [0.25, 0.3) is 0 Å². The maximum absolute atomic E-state index is 11.7. The fourth-order valence-corrected chi connectivity index (χ4v) is 3.01. The maximum atomic E-state index is 11.7. The Hall–Kier alpha value is -2.13. The second-order valence-corrected chi connectivity index (χ2v) is 6.13. The summed E-state index contributed by atoms with van der Waals surface area (Å²) in [5.41, 5.74) is 1.30. The minimum absolute atomic E-state index is 0.0583. The molecule has 2 rings (SSSR count). The van der Waals surface area contributed by atoms with Crippen LogP contribution in [0.25, 0.3) is 12.7 Å². The van der Waals surface area contributed by atoms with Crippen molar-refractivity contribution in [1.29, 1.82) is 0 Å². The van der Waals surface area contributed by atoms with Crippen LogP contribution >= 0.6 is 0 Å². The highest BCUT2D eigenvalue weighted by molar-refractivity contribution is 5.73. The second kappa shape index (κ2) is 9.24. The van der Waals surface area contributed by atoms with Crippen molar-refractivity contribution in [2.24, 2.45) is 11.8 Å². The number of carbonyl (C=O) groups is 1. The topological polar surface area (TPSA) is 38.3 Å². The standard InChI is InChI=1S/C21H27NO2/c1-4-17(13-18-11-7-5-9-16(18)2)10-6-8-12-19-14-22-15-20(19)21(23)24-3/h4-5,7-9,11-13,19-20,22H,2,6,10,14-15H2,1,3H3/b12-8+,17-4?,18-13-/t19-,20-/m0/s1. The van der Waals surface area contributed by atoms with Crippen LogP contribution in [-0.2, 0) is 9.53 Å². The summed E-state index contributed by atoms with van der Waals surface area (Å²) in [5.74, 6) is 0.0530. The zero-order chi connectivity index (χ0) is 17.4. The third-order valence-corrected chi connectivity index (χ3v) is 4.51. The second-order valence-electron chi connectivity index (χ2n) is 6.13. The summed E-state index contributed by atoms with van der Waals surface area (Å²) in [6.07, 6.45) is 10.6. The summed E-state index contributed by atoms with van der Waals surface area (Å²) in [6, 6.07) is 8.16. The Morgan fingerprint density at radius 1 is 1.38 bits per heavy atom. The molecule has 1 N–H and O–H groups in total. The highest BCUT2D eigenvalue weighted by Gasteiger charge is 2.31. The summed E-state index contributed by atoms with van der Waals surface area (Å²) in [6.45, 7) is 7.68. The molecule has 0 amide bonds. The van der Waals surface area contributed by atoms with Crippen LogP contribution in [-0.4, -0.2) is 26.2 Å². The summed E-state index contributed by atoms with van der Waals surface area (Å²) in [5, 5.41) is 5.47. The first-order chi connectivity index (χ1) is 11.7. The summed E-state index contributed by atoms with van der Waals surface area (Å²) < 4.78 is 4.87. The quantitative estimate of drug-likeness (QED) is 0.643. The highest BCUT2D eigenvalue weighted by atomic mass is 16.5. The molecule has 1 saturated heterocycles. The molecule has 0 aromatic heterocycles. The van der Waals surface area contributed by atoms with E-state index < -0.39 is 0 Å². The molecule has 128 valence electrons. The molecule has 3 nitrogen and oxygen atoms in total. The van der Waals surface area contributed by atoms with E-state index in [1.807, 2.05) is 18.2 Å². The van der Waals surface area contributed by atoms with E-state index in [1.54, 1.807) is 0 Å². The van der Waals surface area contributed by atoms with Crippen molar-refractivity contribution >= 4 is 18.6 Å². The van der Waals surface area contributed by atoms with E-state index in [2.05, 4.69) is 49.2 Å². The molecule has 1 aliphatic rings. The molecule has 1 aliphatic heterocycles. The molecule has 3 heteroatoms. The lowest BCUT2D eigenvalue weighted by Gasteiger charge is -2.12. The number of hydrogen-bond donors (Lipinski definition) is 1. The van der Waals surface area contributed by atoms with E-state index >= 15 is 0 Å². The van der Waals surface area contributed by atoms with Gasteiger partial charge in [-0.25, -0.2) is 0 Å². The van der Waals surface area contributed by atoms with Crippen LogP contribution in [0.2, 0.25) is 0 Å². The molecular weight excluding hydrogens is 298 g/mol. The third-order valence-electron chi connectivity index (χ3n) is 4.51. The van der Waals surface area contributed by atoms with Crippen LogP contribution in [0, 0.1) is 11.8 Å². The van der Waals surface area contributed by atoms with Crippen LogP contribution < -0.4 is 15.8 Å². The zero-order valence-corrected chi connectivity index (χ0v) is 14.6. The van der Waals surface area contributed by atoms with Crippen LogP contribution in [0.15, 0.2) is 48.1 Å². The Bertz CT molecular complexity index is 718. The van der Waals surface area contributed by atoms with Crippen molar-refractivity contribution in [3.8, 4) is 0 Å². The number of rotatable bonds is 6. The predicted octanol–water partition coefficient (Wildman–Crippen LogP) is 2.17. The van der Waals surface area contributed by atoms with Crippen molar-refractivity contribution in [1.82, 2.24) is 5.32 Å². The summed E-state index contributed by atoms with van der Waals surface area (Å²) in [4.78, 5) is 11.7. The van der Waals surface area contributed by atoms with Gasteiger partial charge in [0, 0.05) is 19.0 Å². The SMILES string of the molecule is C=c1cccc/c1=C/C(=CC)CC/C=C/[C@H]1CNC[C@@H]1C(=O)OC. The van der Waals surface area contributed by atoms with Crippen LogP contribution in [0.3, 0.4) is 0 Å². The fourth-order valence-electron chi connectivity index (χ4n) is 3.01. The Balaban J connectivity index is 1.93. The molecule has 0 spiro atoms. The number of benzene rings is 1. The first kappa shape index (κ1) is 18.2. The van der Waals surface area contributed by atoms with Gasteiger partial charge in [-0.05, 0) is 30.2 Å². The monoisotopic (exact) mass is 325 g/mol. The van der Waals surface area contributed by atoms with Crippen molar-refractivity contribution in [2.45, 2.75) is 19.8 Å². The van der Waals surface area contributed by atoms with Crippen LogP contribution in [0.5, 0.6) is 0 Å². The van der Waals surface area contributed by atoms with Gasteiger partial charge < -0.3 is 10.1 Å². The molecule has 2 atom stereocenters. The van der Waals surface area contributed by atoms with Gasteiger partial charge in [0.2, 0.25) is 0 Å².